The van der Waals surface area contributed by atoms with Gasteiger partial charge in [0.25, 0.3) is 5.91 Å². The number of carbonyl (C=O) groups excluding carboxylic acids is 2. The fourth-order valence-electron chi connectivity index (χ4n) is 3.81. The quantitative estimate of drug-likeness (QED) is 0.446. The average Bonchev–Trinajstić information content (AvgIpc) is 2.83. The molecule has 3 rings (SSSR count). The summed E-state index contributed by atoms with van der Waals surface area (Å²) in [6, 6.07) is 9.90. The third-order valence-electron chi connectivity index (χ3n) is 5.58. The first-order valence-corrected chi connectivity index (χ1v) is 11.8. The second kappa shape index (κ2) is 12.3. The van der Waals surface area contributed by atoms with Gasteiger partial charge >= 0.3 is 5.97 Å². The minimum absolute atomic E-state index is 0.0827. The third kappa shape index (κ3) is 6.76. The first-order chi connectivity index (χ1) is 16.3. The minimum Gasteiger partial charge on any atom is -0.505 e. The summed E-state index contributed by atoms with van der Waals surface area (Å²) in [5.41, 5.74) is 0.668. The molecular formula is C24H29Cl2N3O5. The van der Waals surface area contributed by atoms with E-state index in [-0.39, 0.29) is 27.8 Å². The van der Waals surface area contributed by atoms with Gasteiger partial charge in [-0.2, -0.15) is 0 Å². The highest BCUT2D eigenvalue weighted by atomic mass is 35.5. The average molecular weight is 510 g/mol. The zero-order chi connectivity index (χ0) is 24.7. The Morgan fingerprint density at radius 3 is 2.71 bits per heavy atom. The summed E-state index contributed by atoms with van der Waals surface area (Å²) in [7, 11) is 1.24. The highest BCUT2D eigenvalue weighted by Crippen LogP contribution is 2.42. The summed E-state index contributed by atoms with van der Waals surface area (Å²) in [4.78, 5) is 27.4. The van der Waals surface area contributed by atoms with Crippen molar-refractivity contribution in [3.63, 3.8) is 0 Å². The predicted molar refractivity (Wildman–Crippen MR) is 131 cm³/mol. The Bertz CT molecular complexity index is 1010. The monoisotopic (exact) mass is 509 g/mol. The molecular weight excluding hydrogens is 481 g/mol. The smallest absolute Gasteiger partial charge is 0.328 e. The number of halogens is 2. The molecule has 0 aromatic heterocycles. The molecule has 0 saturated carbocycles. The van der Waals surface area contributed by atoms with Crippen LogP contribution in [0.3, 0.4) is 0 Å². The van der Waals surface area contributed by atoms with Crippen LogP contribution in [0.2, 0.25) is 10.0 Å². The molecule has 1 heterocycles. The maximum atomic E-state index is 12.9. The standard InChI is InChI=1S/C24H29Cl2N3O5/c1-15-14-29(9-8-27-15)10-11-34-22-18(25)13-17(21(30)20(22)26)23(31)28-19(24(32)33-2)12-16-6-4-3-5-7-16/h3-7,13,15,19,27,30H,8-12,14H2,1-2H3,(H,28,31). The van der Waals surface area contributed by atoms with Gasteiger partial charge < -0.3 is 25.2 Å². The summed E-state index contributed by atoms with van der Waals surface area (Å²) in [5.74, 6) is -1.70. The molecule has 0 aliphatic carbocycles. The number of ether oxygens (including phenoxy) is 2. The molecule has 1 aliphatic rings. The number of esters is 1. The van der Waals surface area contributed by atoms with E-state index in [1.54, 1.807) is 0 Å². The van der Waals surface area contributed by atoms with Crippen LogP contribution in [0, 0.1) is 0 Å². The van der Waals surface area contributed by atoms with Gasteiger partial charge in [0, 0.05) is 38.6 Å². The molecule has 0 spiro atoms. The largest absolute Gasteiger partial charge is 0.505 e. The number of phenolic OH excluding ortho intramolecular Hbond substituents is 1. The summed E-state index contributed by atoms with van der Waals surface area (Å²) < 4.78 is 10.6. The molecule has 184 valence electrons. The molecule has 1 aliphatic heterocycles. The Balaban J connectivity index is 1.69. The summed E-state index contributed by atoms with van der Waals surface area (Å²) in [6.45, 7) is 5.82. The predicted octanol–water partition coefficient (Wildman–Crippen LogP) is 2.89. The fraction of sp³-hybridized carbons (Fsp3) is 0.417. The molecule has 2 unspecified atom stereocenters. The number of methoxy groups -OCH3 is 1. The van der Waals surface area contributed by atoms with Crippen LogP contribution >= 0.6 is 23.2 Å². The van der Waals surface area contributed by atoms with Crippen LogP contribution < -0.4 is 15.4 Å². The number of piperazine rings is 1. The normalized spacial score (nSPS) is 17.1. The molecule has 1 saturated heterocycles. The van der Waals surface area contributed by atoms with E-state index in [1.165, 1.54) is 13.2 Å². The van der Waals surface area contributed by atoms with Crippen molar-refractivity contribution in [1.29, 1.82) is 0 Å². The van der Waals surface area contributed by atoms with E-state index in [2.05, 4.69) is 22.5 Å². The van der Waals surface area contributed by atoms with Crippen LogP contribution in [0.15, 0.2) is 36.4 Å². The van der Waals surface area contributed by atoms with Gasteiger partial charge in [0.1, 0.15) is 17.7 Å². The molecule has 10 heteroatoms. The van der Waals surface area contributed by atoms with Gasteiger partial charge in [-0.05, 0) is 18.6 Å². The molecule has 8 nitrogen and oxygen atoms in total. The number of nitrogens with one attached hydrogen (secondary N) is 2. The SMILES string of the molecule is COC(=O)C(Cc1ccccc1)NC(=O)c1cc(Cl)c(OCCN2CCNC(C)C2)c(Cl)c1O. The number of benzene rings is 2. The number of hydrogen-bond donors (Lipinski definition) is 3. The van der Waals surface area contributed by atoms with Crippen LogP contribution in [0.5, 0.6) is 11.5 Å². The van der Waals surface area contributed by atoms with Gasteiger partial charge in [-0.15, -0.1) is 0 Å². The fourth-order valence-corrected chi connectivity index (χ4v) is 4.37. The first kappa shape index (κ1) is 26.1. The van der Waals surface area contributed by atoms with Crippen LogP contribution in [0.25, 0.3) is 0 Å². The second-order valence-electron chi connectivity index (χ2n) is 8.14. The number of phenols is 1. The number of amides is 1. The Hall–Kier alpha value is -2.52. The maximum Gasteiger partial charge on any atom is 0.328 e. The molecule has 1 fully saturated rings. The molecule has 0 radical (unpaired) electrons. The van der Waals surface area contributed by atoms with Crippen molar-refractivity contribution in [2.24, 2.45) is 0 Å². The summed E-state index contributed by atoms with van der Waals surface area (Å²) in [6.07, 6.45) is 0.216. The highest BCUT2D eigenvalue weighted by molar-refractivity contribution is 6.39. The number of aromatic hydroxyl groups is 1. The van der Waals surface area contributed by atoms with Gasteiger partial charge in [0.05, 0.1) is 17.7 Å². The number of carbonyl (C=O) groups is 2. The molecule has 1 amide bonds. The lowest BCUT2D eigenvalue weighted by Crippen LogP contribution is -2.50. The van der Waals surface area contributed by atoms with Gasteiger partial charge in [-0.25, -0.2) is 4.79 Å². The van der Waals surface area contributed by atoms with Gasteiger partial charge in [0.2, 0.25) is 0 Å². The zero-order valence-corrected chi connectivity index (χ0v) is 20.7. The highest BCUT2D eigenvalue weighted by Gasteiger charge is 2.27. The van der Waals surface area contributed by atoms with Gasteiger partial charge in [-0.3, -0.25) is 9.69 Å². The van der Waals surface area contributed by atoms with E-state index in [1.807, 2.05) is 30.3 Å². The molecule has 34 heavy (non-hydrogen) atoms. The van der Waals surface area contributed by atoms with Crippen molar-refractivity contribution in [2.45, 2.75) is 25.4 Å². The number of rotatable bonds is 9. The Labute approximate surface area is 209 Å². The van der Waals surface area contributed by atoms with Crippen molar-refractivity contribution >= 4 is 35.1 Å². The Morgan fingerprint density at radius 1 is 1.29 bits per heavy atom. The van der Waals surface area contributed by atoms with Crippen molar-refractivity contribution in [3.8, 4) is 11.5 Å². The Morgan fingerprint density at radius 2 is 2.03 bits per heavy atom. The second-order valence-corrected chi connectivity index (χ2v) is 8.93. The van der Waals surface area contributed by atoms with Crippen LogP contribution in [-0.4, -0.2) is 73.9 Å². The van der Waals surface area contributed by atoms with E-state index >= 15 is 0 Å². The van der Waals surface area contributed by atoms with E-state index in [0.29, 0.717) is 19.2 Å². The van der Waals surface area contributed by atoms with Crippen LogP contribution in [0.4, 0.5) is 0 Å². The Kier molecular flexibility index (Phi) is 9.41. The number of nitrogens with zero attached hydrogens (tertiary/aromatic N) is 1. The van der Waals surface area contributed by atoms with Crippen LogP contribution in [0.1, 0.15) is 22.8 Å². The third-order valence-corrected chi connectivity index (χ3v) is 6.21. The number of hydrogen-bond acceptors (Lipinski definition) is 7. The van der Waals surface area contributed by atoms with Crippen molar-refractivity contribution < 1.29 is 24.2 Å². The molecule has 0 bridgehead atoms. The molecule has 2 aromatic carbocycles. The molecule has 2 aromatic rings. The van der Waals surface area contributed by atoms with E-state index < -0.39 is 23.7 Å². The van der Waals surface area contributed by atoms with E-state index in [4.69, 9.17) is 32.7 Å². The lowest BCUT2D eigenvalue weighted by atomic mass is 10.1. The van der Waals surface area contributed by atoms with Crippen molar-refractivity contribution in [1.82, 2.24) is 15.5 Å². The lowest BCUT2D eigenvalue weighted by molar-refractivity contribution is -0.142. The molecule has 3 N–H and O–H groups in total. The zero-order valence-electron chi connectivity index (χ0n) is 19.1. The summed E-state index contributed by atoms with van der Waals surface area (Å²) >= 11 is 12.6. The van der Waals surface area contributed by atoms with E-state index in [0.717, 1.165) is 25.2 Å². The first-order valence-electron chi connectivity index (χ1n) is 11.0. The lowest BCUT2D eigenvalue weighted by Gasteiger charge is -2.31. The van der Waals surface area contributed by atoms with Crippen molar-refractivity contribution in [3.05, 3.63) is 57.6 Å². The van der Waals surface area contributed by atoms with Gasteiger partial charge in [-0.1, -0.05) is 53.5 Å². The topological polar surface area (TPSA) is 100 Å². The van der Waals surface area contributed by atoms with Crippen molar-refractivity contribution in [2.75, 3.05) is 39.9 Å². The van der Waals surface area contributed by atoms with Crippen LogP contribution in [-0.2, 0) is 16.0 Å². The maximum absolute atomic E-state index is 12.9. The van der Waals surface area contributed by atoms with E-state index in [9.17, 15) is 14.7 Å². The summed E-state index contributed by atoms with van der Waals surface area (Å²) in [5, 5.41) is 16.5. The molecule has 2 atom stereocenters. The minimum atomic E-state index is -0.964. The van der Waals surface area contributed by atoms with Gasteiger partial charge in [0.15, 0.2) is 11.5 Å².